The first kappa shape index (κ1) is 14.3. The van der Waals surface area contributed by atoms with Crippen LogP contribution >= 0.6 is 11.6 Å². The normalized spacial score (nSPS) is 10.4. The Morgan fingerprint density at radius 2 is 1.90 bits per heavy atom. The molecule has 0 aliphatic carbocycles. The Bertz CT molecular complexity index is 614. The van der Waals surface area contributed by atoms with Crippen LogP contribution in [-0.2, 0) is 0 Å². The molecule has 0 radical (unpaired) electrons. The zero-order valence-corrected chi connectivity index (χ0v) is 12.1. The number of hydrogen-bond donors (Lipinski definition) is 2. The van der Waals surface area contributed by atoms with Crippen molar-refractivity contribution in [2.45, 2.75) is 19.9 Å². The van der Waals surface area contributed by atoms with E-state index >= 15 is 0 Å². The van der Waals surface area contributed by atoms with Crippen molar-refractivity contribution in [2.75, 3.05) is 10.6 Å². The van der Waals surface area contributed by atoms with E-state index in [0.29, 0.717) is 22.2 Å². The third kappa shape index (κ3) is 3.71. The van der Waals surface area contributed by atoms with Crippen LogP contribution in [0.4, 0.5) is 11.5 Å². The molecule has 0 fully saturated rings. The number of aromatic nitrogens is 1. The number of pyridine rings is 1. The Labute approximate surface area is 123 Å². The van der Waals surface area contributed by atoms with E-state index < -0.39 is 0 Å². The molecule has 104 valence electrons. The van der Waals surface area contributed by atoms with E-state index in [4.69, 9.17) is 11.6 Å². The molecule has 5 heteroatoms. The van der Waals surface area contributed by atoms with Gasteiger partial charge in [-0.2, -0.15) is 0 Å². The van der Waals surface area contributed by atoms with Crippen LogP contribution in [0.2, 0.25) is 5.02 Å². The summed E-state index contributed by atoms with van der Waals surface area (Å²) in [6.45, 7) is 4.02. The SMILES string of the molecule is CC(C)Nc1cccc(C(=O)Nc2ccccc2Cl)n1. The van der Waals surface area contributed by atoms with Crippen LogP contribution in [0.3, 0.4) is 0 Å². The highest BCUT2D eigenvalue weighted by atomic mass is 35.5. The Morgan fingerprint density at radius 1 is 1.15 bits per heavy atom. The number of rotatable bonds is 4. The first-order valence-corrected chi connectivity index (χ1v) is 6.73. The lowest BCUT2D eigenvalue weighted by Crippen LogP contribution is -2.16. The second-order valence-corrected chi connectivity index (χ2v) is 5.05. The number of hydrogen-bond acceptors (Lipinski definition) is 3. The molecular formula is C15H16ClN3O. The highest BCUT2D eigenvalue weighted by molar-refractivity contribution is 6.33. The van der Waals surface area contributed by atoms with Gasteiger partial charge in [0.1, 0.15) is 11.5 Å². The smallest absolute Gasteiger partial charge is 0.274 e. The van der Waals surface area contributed by atoms with Crippen LogP contribution in [0.5, 0.6) is 0 Å². The Hall–Kier alpha value is -2.07. The number of amides is 1. The van der Waals surface area contributed by atoms with Gasteiger partial charge in [0.05, 0.1) is 10.7 Å². The maximum atomic E-state index is 12.1. The van der Waals surface area contributed by atoms with Crippen molar-refractivity contribution in [1.29, 1.82) is 0 Å². The maximum Gasteiger partial charge on any atom is 0.274 e. The molecule has 2 rings (SSSR count). The Kier molecular flexibility index (Phi) is 4.58. The van der Waals surface area contributed by atoms with E-state index in [9.17, 15) is 4.79 Å². The van der Waals surface area contributed by atoms with Gasteiger partial charge in [0, 0.05) is 6.04 Å². The number of benzene rings is 1. The second kappa shape index (κ2) is 6.39. The van der Waals surface area contributed by atoms with E-state index in [1.807, 2.05) is 32.0 Å². The van der Waals surface area contributed by atoms with Gasteiger partial charge in [-0.25, -0.2) is 4.98 Å². The molecule has 20 heavy (non-hydrogen) atoms. The lowest BCUT2D eigenvalue weighted by atomic mass is 10.3. The third-order valence-electron chi connectivity index (χ3n) is 2.54. The molecule has 0 unspecified atom stereocenters. The molecule has 0 bridgehead atoms. The van der Waals surface area contributed by atoms with Crippen LogP contribution in [0.25, 0.3) is 0 Å². The molecule has 1 amide bonds. The van der Waals surface area contributed by atoms with Crippen LogP contribution < -0.4 is 10.6 Å². The molecule has 0 aliphatic heterocycles. The second-order valence-electron chi connectivity index (χ2n) is 4.64. The van der Waals surface area contributed by atoms with Crippen LogP contribution in [0, 0.1) is 0 Å². The van der Waals surface area contributed by atoms with Crippen LogP contribution in [-0.4, -0.2) is 16.9 Å². The fourth-order valence-electron chi connectivity index (χ4n) is 1.69. The topological polar surface area (TPSA) is 54.0 Å². The highest BCUT2D eigenvalue weighted by Gasteiger charge is 2.10. The van der Waals surface area contributed by atoms with Gasteiger partial charge in [0.2, 0.25) is 0 Å². The molecule has 1 aromatic heterocycles. The molecule has 0 atom stereocenters. The quantitative estimate of drug-likeness (QED) is 0.900. The van der Waals surface area contributed by atoms with Gasteiger partial charge >= 0.3 is 0 Å². The Morgan fingerprint density at radius 3 is 2.60 bits per heavy atom. The van der Waals surface area contributed by atoms with E-state index in [-0.39, 0.29) is 11.9 Å². The van der Waals surface area contributed by atoms with Crippen molar-refractivity contribution in [2.24, 2.45) is 0 Å². The summed E-state index contributed by atoms with van der Waals surface area (Å²) in [4.78, 5) is 16.4. The molecule has 0 saturated heterocycles. The first-order chi connectivity index (χ1) is 9.56. The minimum absolute atomic E-state index is 0.254. The largest absolute Gasteiger partial charge is 0.368 e. The van der Waals surface area contributed by atoms with Crippen molar-refractivity contribution in [3.8, 4) is 0 Å². The summed E-state index contributed by atoms with van der Waals surface area (Å²) in [5.74, 6) is 0.386. The third-order valence-corrected chi connectivity index (χ3v) is 2.87. The van der Waals surface area contributed by atoms with Crippen molar-refractivity contribution in [3.63, 3.8) is 0 Å². The fraction of sp³-hybridized carbons (Fsp3) is 0.200. The van der Waals surface area contributed by atoms with Gasteiger partial charge in [-0.3, -0.25) is 4.79 Å². The predicted molar refractivity (Wildman–Crippen MR) is 82.4 cm³/mol. The number of nitrogens with one attached hydrogen (secondary N) is 2. The summed E-state index contributed by atoms with van der Waals surface area (Å²) < 4.78 is 0. The zero-order chi connectivity index (χ0) is 14.5. The molecule has 2 N–H and O–H groups in total. The van der Waals surface area contributed by atoms with Crippen LogP contribution in [0.15, 0.2) is 42.5 Å². The fourth-order valence-corrected chi connectivity index (χ4v) is 1.87. The van der Waals surface area contributed by atoms with Crippen molar-refractivity contribution in [3.05, 3.63) is 53.2 Å². The average molecular weight is 290 g/mol. The van der Waals surface area contributed by atoms with Crippen molar-refractivity contribution >= 4 is 29.0 Å². The predicted octanol–water partition coefficient (Wildman–Crippen LogP) is 3.81. The summed E-state index contributed by atoms with van der Waals surface area (Å²) in [5.41, 5.74) is 0.916. The van der Waals surface area contributed by atoms with Gasteiger partial charge in [0.15, 0.2) is 0 Å². The molecule has 4 nitrogen and oxygen atoms in total. The lowest BCUT2D eigenvalue weighted by molar-refractivity contribution is 0.102. The number of carbonyl (C=O) groups excluding carboxylic acids is 1. The molecule has 1 aromatic carbocycles. The molecule has 0 spiro atoms. The summed E-state index contributed by atoms with van der Waals surface area (Å²) in [6.07, 6.45) is 0. The molecular weight excluding hydrogens is 274 g/mol. The highest BCUT2D eigenvalue weighted by Crippen LogP contribution is 2.21. The number of para-hydroxylation sites is 1. The number of halogens is 1. The summed E-state index contributed by atoms with van der Waals surface area (Å²) >= 11 is 6.01. The standard InChI is InChI=1S/C15H16ClN3O/c1-10(2)17-14-9-5-8-13(18-14)15(20)19-12-7-4-3-6-11(12)16/h3-10H,1-2H3,(H,17,18)(H,19,20). The molecule has 2 aromatic rings. The average Bonchev–Trinajstić information content (AvgIpc) is 2.41. The van der Waals surface area contributed by atoms with Crippen molar-refractivity contribution < 1.29 is 4.79 Å². The van der Waals surface area contributed by atoms with Crippen molar-refractivity contribution in [1.82, 2.24) is 4.98 Å². The molecule has 0 saturated carbocycles. The van der Waals surface area contributed by atoms with Gasteiger partial charge < -0.3 is 10.6 Å². The summed E-state index contributed by atoms with van der Waals surface area (Å²) in [6, 6.07) is 12.6. The number of carbonyl (C=O) groups is 1. The minimum Gasteiger partial charge on any atom is -0.368 e. The van der Waals surface area contributed by atoms with E-state index in [1.165, 1.54) is 0 Å². The monoisotopic (exact) mass is 289 g/mol. The van der Waals surface area contributed by atoms with Gasteiger partial charge in [0.25, 0.3) is 5.91 Å². The van der Waals surface area contributed by atoms with Crippen LogP contribution in [0.1, 0.15) is 24.3 Å². The van der Waals surface area contributed by atoms with Gasteiger partial charge in [-0.05, 0) is 38.1 Å². The van der Waals surface area contributed by atoms with E-state index in [2.05, 4.69) is 15.6 Å². The lowest BCUT2D eigenvalue weighted by Gasteiger charge is -2.10. The maximum absolute atomic E-state index is 12.1. The zero-order valence-electron chi connectivity index (χ0n) is 11.4. The molecule has 0 aliphatic rings. The summed E-state index contributed by atoms with van der Waals surface area (Å²) in [5, 5.41) is 6.40. The van der Waals surface area contributed by atoms with E-state index in [1.54, 1.807) is 24.3 Å². The Balaban J connectivity index is 2.15. The first-order valence-electron chi connectivity index (χ1n) is 6.36. The number of nitrogens with zero attached hydrogens (tertiary/aromatic N) is 1. The van der Waals surface area contributed by atoms with Gasteiger partial charge in [-0.15, -0.1) is 0 Å². The molecule has 1 heterocycles. The summed E-state index contributed by atoms with van der Waals surface area (Å²) in [7, 11) is 0. The van der Waals surface area contributed by atoms with E-state index in [0.717, 1.165) is 0 Å². The number of anilines is 2. The minimum atomic E-state index is -0.287. The van der Waals surface area contributed by atoms with Gasteiger partial charge in [-0.1, -0.05) is 29.8 Å².